The van der Waals surface area contributed by atoms with Crippen molar-refractivity contribution in [2.24, 2.45) is 34.6 Å². The van der Waals surface area contributed by atoms with Gasteiger partial charge in [-0.05, 0) is 85.3 Å². The third-order valence-corrected chi connectivity index (χ3v) is 13.3. The van der Waals surface area contributed by atoms with Crippen molar-refractivity contribution >= 4 is 35.0 Å². The van der Waals surface area contributed by atoms with Gasteiger partial charge in [0.2, 0.25) is 0 Å². The van der Waals surface area contributed by atoms with Crippen LogP contribution in [0.15, 0.2) is 75.9 Å². The largest absolute Gasteiger partial charge is 0.506 e. The van der Waals surface area contributed by atoms with Crippen LogP contribution in [-0.4, -0.2) is 57.4 Å². The number of nitrogens with zero attached hydrogens (tertiary/aromatic N) is 1. The maximum atomic E-state index is 15.2. The summed E-state index contributed by atoms with van der Waals surface area (Å²) in [5.41, 5.74) is 2.29. The summed E-state index contributed by atoms with van der Waals surface area (Å²) in [4.78, 5) is 47.8. The van der Waals surface area contributed by atoms with E-state index in [9.17, 15) is 19.8 Å². The maximum Gasteiger partial charge on any atom is 0.333 e. The highest BCUT2D eigenvalue weighted by Gasteiger charge is 2.77. The number of benzene rings is 2. The monoisotopic (exact) mass is 771 g/mol. The molecule has 3 fully saturated rings. The number of hydrogen-bond acceptors (Lipinski definition) is 9. The summed E-state index contributed by atoms with van der Waals surface area (Å²) in [6.07, 6.45) is 11.7. The molecule has 298 valence electrons. The SMILES string of the molecule is COC(=O)C(C)=CCC1(O)C(=O)C2CC(C(C)C)C13Oc1c(CC=C(C)C)c4c(c(O)c1C1=C3C2C2C(=O)c3ccccc3C2=N1)C=CC(C)(CCC=C(C)C)O4. The molecule has 2 aromatic carbocycles. The van der Waals surface area contributed by atoms with E-state index in [1.165, 1.54) is 12.7 Å². The molecule has 7 aliphatic rings. The smallest absolute Gasteiger partial charge is 0.333 e. The molecule has 0 amide bonds. The number of aliphatic hydroxyl groups is 1. The van der Waals surface area contributed by atoms with Crippen LogP contribution in [0.4, 0.5) is 0 Å². The number of phenolic OH excluding ortho intramolecular Hbond substituents is 1. The van der Waals surface area contributed by atoms with Gasteiger partial charge in [0.25, 0.3) is 0 Å². The average molecular weight is 772 g/mol. The third-order valence-electron chi connectivity index (χ3n) is 13.3. The van der Waals surface area contributed by atoms with Crippen LogP contribution in [0, 0.1) is 29.6 Å². The lowest BCUT2D eigenvalue weighted by Gasteiger charge is -2.66. The molecular weight excluding hydrogens is 719 g/mol. The lowest BCUT2D eigenvalue weighted by atomic mass is 9.42. The van der Waals surface area contributed by atoms with Gasteiger partial charge in [0.1, 0.15) is 22.8 Å². The van der Waals surface area contributed by atoms with E-state index in [0.29, 0.717) is 75.6 Å². The van der Waals surface area contributed by atoms with E-state index in [-0.39, 0.29) is 29.4 Å². The zero-order chi connectivity index (χ0) is 40.9. The Morgan fingerprint density at radius 1 is 1.02 bits per heavy atom. The van der Waals surface area contributed by atoms with Gasteiger partial charge < -0.3 is 24.4 Å². The van der Waals surface area contributed by atoms with Gasteiger partial charge in [0, 0.05) is 52.0 Å². The quantitative estimate of drug-likeness (QED) is 0.147. The number of phenols is 1. The van der Waals surface area contributed by atoms with Crippen molar-refractivity contribution in [1.82, 2.24) is 0 Å². The highest BCUT2D eigenvalue weighted by molar-refractivity contribution is 6.30. The Balaban J connectivity index is 1.46. The number of aromatic hydroxyl groups is 1. The molecule has 3 aliphatic heterocycles. The van der Waals surface area contributed by atoms with Crippen LogP contribution in [0.3, 0.4) is 0 Å². The van der Waals surface area contributed by atoms with Crippen LogP contribution in [0.25, 0.3) is 11.8 Å². The van der Waals surface area contributed by atoms with Gasteiger partial charge >= 0.3 is 5.97 Å². The number of rotatable bonds is 9. The minimum atomic E-state index is -2.17. The first-order valence-corrected chi connectivity index (χ1v) is 20.2. The number of methoxy groups -OCH3 is 1. The molecule has 1 spiro atoms. The second-order valence-corrected chi connectivity index (χ2v) is 17.8. The number of fused-ring (bicyclic) bond motifs is 8. The van der Waals surface area contributed by atoms with Crippen LogP contribution >= 0.6 is 0 Å². The van der Waals surface area contributed by atoms with E-state index in [1.807, 2.05) is 51.1 Å². The molecule has 0 aromatic heterocycles. The number of carbonyl (C=O) groups is 3. The van der Waals surface area contributed by atoms with E-state index in [4.69, 9.17) is 19.2 Å². The molecule has 7 atom stereocenters. The normalized spacial score (nSPS) is 30.0. The molecule has 3 saturated carbocycles. The number of hydrogen-bond donors (Lipinski definition) is 2. The summed E-state index contributed by atoms with van der Waals surface area (Å²) in [6, 6.07) is 7.40. The number of allylic oxidation sites excluding steroid dienone is 4. The van der Waals surface area contributed by atoms with Gasteiger partial charge in [-0.15, -0.1) is 0 Å². The lowest BCUT2D eigenvalue weighted by Crippen LogP contribution is -2.79. The Morgan fingerprint density at radius 2 is 1.72 bits per heavy atom. The predicted octanol–water partition coefficient (Wildman–Crippen LogP) is 8.70. The van der Waals surface area contributed by atoms with Crippen molar-refractivity contribution in [2.45, 2.75) is 104 Å². The Kier molecular flexibility index (Phi) is 9.23. The Hall–Kier alpha value is -5.02. The minimum absolute atomic E-state index is 0.0705. The van der Waals surface area contributed by atoms with Gasteiger partial charge in [-0.2, -0.15) is 0 Å². The molecule has 9 heteroatoms. The number of aliphatic imine (C=N–C) groups is 1. The van der Waals surface area contributed by atoms with Crippen molar-refractivity contribution in [2.75, 3.05) is 7.11 Å². The highest BCUT2D eigenvalue weighted by Crippen LogP contribution is 2.70. The summed E-state index contributed by atoms with van der Waals surface area (Å²) < 4.78 is 19.5. The first-order valence-electron chi connectivity index (χ1n) is 20.2. The number of esters is 1. The van der Waals surface area contributed by atoms with Gasteiger partial charge in [-0.1, -0.05) is 67.5 Å². The molecule has 7 unspecified atom stereocenters. The molecule has 57 heavy (non-hydrogen) atoms. The Labute approximate surface area is 334 Å². The van der Waals surface area contributed by atoms with E-state index in [2.05, 4.69) is 39.8 Å². The van der Waals surface area contributed by atoms with Gasteiger partial charge in [0.05, 0.1) is 35.6 Å². The summed E-state index contributed by atoms with van der Waals surface area (Å²) in [5.74, 6) is -3.10. The van der Waals surface area contributed by atoms with E-state index in [0.717, 1.165) is 12.0 Å². The summed E-state index contributed by atoms with van der Waals surface area (Å²) >= 11 is 0. The number of carbonyl (C=O) groups excluding carboxylic acids is 3. The fourth-order valence-corrected chi connectivity index (χ4v) is 10.6. The fourth-order valence-electron chi connectivity index (χ4n) is 10.6. The zero-order valence-corrected chi connectivity index (χ0v) is 34.4. The zero-order valence-electron chi connectivity index (χ0n) is 34.4. The van der Waals surface area contributed by atoms with E-state index < -0.39 is 52.2 Å². The molecule has 9 nitrogen and oxygen atoms in total. The Bertz CT molecular complexity index is 2330. The van der Waals surface area contributed by atoms with Crippen molar-refractivity contribution in [1.29, 1.82) is 0 Å². The molecular formula is C48H53NO8. The Morgan fingerprint density at radius 3 is 2.39 bits per heavy atom. The summed E-state index contributed by atoms with van der Waals surface area (Å²) in [7, 11) is 1.29. The topological polar surface area (TPSA) is 132 Å². The maximum absolute atomic E-state index is 15.2. The van der Waals surface area contributed by atoms with Gasteiger partial charge in [0.15, 0.2) is 22.8 Å². The average Bonchev–Trinajstić information content (AvgIpc) is 3.45. The van der Waals surface area contributed by atoms with Crippen LogP contribution in [-0.2, 0) is 20.7 Å². The molecule has 0 saturated heterocycles. The molecule has 9 rings (SSSR count). The predicted molar refractivity (Wildman–Crippen MR) is 219 cm³/mol. The number of Topliss-reactive ketones (excluding diaryl/α,β-unsaturated/α-hetero) is 2. The van der Waals surface area contributed by atoms with Crippen molar-refractivity contribution in [3.63, 3.8) is 0 Å². The van der Waals surface area contributed by atoms with Crippen molar-refractivity contribution in [3.8, 4) is 17.2 Å². The summed E-state index contributed by atoms with van der Waals surface area (Å²) in [6.45, 7) is 15.9. The third kappa shape index (κ3) is 5.51. The standard InChI is InChI=1S/C48H53NO8/c1-24(2)13-12-20-46(8)21-19-30-41(51)36-39-37-34(35-38(49-39)28-14-10-11-15-29(28)40(35)50)32-23-33(26(5)6)48(37,47(54,44(32)52)22-18-27(7)45(53)55-9)57-43(36)31(42(30)56-46)17-16-25(3)4/h10-11,13-16,18-19,21,26,32-35,51,54H,12,17,20,22-23H2,1-9H3. The minimum Gasteiger partial charge on any atom is -0.506 e. The number of ketones is 2. The highest BCUT2D eigenvalue weighted by atomic mass is 16.5. The first kappa shape index (κ1) is 38.8. The summed E-state index contributed by atoms with van der Waals surface area (Å²) in [5, 5.41) is 26.0. The molecule has 4 aliphatic carbocycles. The van der Waals surface area contributed by atoms with Crippen LogP contribution < -0.4 is 9.47 Å². The molecule has 3 heterocycles. The first-order chi connectivity index (χ1) is 27.0. The number of ether oxygens (including phenoxy) is 3. The van der Waals surface area contributed by atoms with Crippen molar-refractivity contribution in [3.05, 3.63) is 98.7 Å². The van der Waals surface area contributed by atoms with Crippen LogP contribution in [0.2, 0.25) is 0 Å². The second kappa shape index (κ2) is 13.5. The van der Waals surface area contributed by atoms with E-state index in [1.54, 1.807) is 19.1 Å². The van der Waals surface area contributed by atoms with Gasteiger partial charge in [-0.25, -0.2) is 4.79 Å². The fraction of sp³-hybridized carbons (Fsp3) is 0.458. The lowest BCUT2D eigenvalue weighted by molar-refractivity contribution is -0.212. The van der Waals surface area contributed by atoms with Crippen molar-refractivity contribution < 1.29 is 38.8 Å². The van der Waals surface area contributed by atoms with Crippen LogP contribution in [0.1, 0.15) is 114 Å². The van der Waals surface area contributed by atoms with Gasteiger partial charge in [-0.3, -0.25) is 14.6 Å². The second-order valence-electron chi connectivity index (χ2n) is 17.8. The van der Waals surface area contributed by atoms with E-state index >= 15 is 4.79 Å². The molecule has 0 radical (unpaired) electrons. The molecule has 2 N–H and O–H groups in total. The molecule has 2 aromatic rings. The molecule has 2 bridgehead atoms. The van der Waals surface area contributed by atoms with Crippen LogP contribution in [0.5, 0.6) is 17.2 Å².